The van der Waals surface area contributed by atoms with Gasteiger partial charge in [-0.1, -0.05) is 45.4 Å². The van der Waals surface area contributed by atoms with Crippen LogP contribution in [0.5, 0.6) is 5.75 Å². The second kappa shape index (κ2) is 10.7. The van der Waals surface area contributed by atoms with Gasteiger partial charge in [-0.3, -0.25) is 4.79 Å². The van der Waals surface area contributed by atoms with E-state index in [2.05, 4.69) is 60.1 Å². The van der Waals surface area contributed by atoms with Gasteiger partial charge in [0, 0.05) is 18.4 Å². The molecule has 1 amide bonds. The molecular formula is C27H37N3O2. The molecule has 0 atom stereocenters. The van der Waals surface area contributed by atoms with Crippen molar-refractivity contribution in [3.8, 4) is 5.75 Å². The summed E-state index contributed by atoms with van der Waals surface area (Å²) in [5.41, 5.74) is 4.29. The number of hydrogen-bond acceptors (Lipinski definition) is 3. The van der Waals surface area contributed by atoms with E-state index in [0.29, 0.717) is 6.61 Å². The minimum absolute atomic E-state index is 0.114. The number of aromatic nitrogens is 2. The average Bonchev–Trinajstić information content (AvgIpc) is 3.06. The highest BCUT2D eigenvalue weighted by Gasteiger charge is 2.20. The van der Waals surface area contributed by atoms with Crippen molar-refractivity contribution < 1.29 is 9.53 Å². The third-order valence-electron chi connectivity index (χ3n) is 5.56. The summed E-state index contributed by atoms with van der Waals surface area (Å²) in [5, 5.41) is 3.03. The quantitative estimate of drug-likeness (QED) is 0.421. The third-order valence-corrected chi connectivity index (χ3v) is 5.56. The summed E-state index contributed by atoms with van der Waals surface area (Å²) in [6.45, 7) is 12.1. The number of ether oxygens (including phenoxy) is 1. The molecular weight excluding hydrogens is 398 g/mol. The molecule has 0 radical (unpaired) electrons. The van der Waals surface area contributed by atoms with Crippen LogP contribution in [0.2, 0.25) is 0 Å². The molecule has 0 saturated heterocycles. The lowest BCUT2D eigenvalue weighted by atomic mass is 9.96. The minimum atomic E-state index is -0.329. The first-order valence-electron chi connectivity index (χ1n) is 11.7. The van der Waals surface area contributed by atoms with Crippen LogP contribution in [0.15, 0.2) is 42.5 Å². The van der Waals surface area contributed by atoms with Crippen molar-refractivity contribution in [1.82, 2.24) is 14.9 Å². The highest BCUT2D eigenvalue weighted by Crippen LogP contribution is 2.20. The fourth-order valence-corrected chi connectivity index (χ4v) is 3.89. The van der Waals surface area contributed by atoms with E-state index in [1.54, 1.807) is 0 Å². The largest absolute Gasteiger partial charge is 0.492 e. The smallest absolute Gasteiger partial charge is 0.225 e. The molecule has 0 fully saturated rings. The van der Waals surface area contributed by atoms with Gasteiger partial charge in [0.1, 0.15) is 18.2 Å². The highest BCUT2D eigenvalue weighted by atomic mass is 16.5. The van der Waals surface area contributed by atoms with Gasteiger partial charge < -0.3 is 14.6 Å². The number of unbranched alkanes of at least 4 members (excludes halogenated alkanes) is 2. The molecule has 3 aromatic rings. The number of carbonyl (C=O) groups is 1. The van der Waals surface area contributed by atoms with Crippen molar-refractivity contribution >= 4 is 16.9 Å². The maximum absolute atomic E-state index is 12.0. The molecule has 0 aliphatic rings. The normalized spacial score (nSPS) is 11.7. The van der Waals surface area contributed by atoms with Crippen molar-refractivity contribution in [2.45, 2.75) is 66.8 Å². The molecule has 0 unspecified atom stereocenters. The maximum Gasteiger partial charge on any atom is 0.225 e. The number of aryl methyl sites for hydroxylation is 3. The van der Waals surface area contributed by atoms with E-state index in [4.69, 9.17) is 9.72 Å². The zero-order valence-electron chi connectivity index (χ0n) is 20.2. The Labute approximate surface area is 192 Å². The first-order valence-corrected chi connectivity index (χ1v) is 11.7. The predicted octanol–water partition coefficient (Wildman–Crippen LogP) is 5.61. The van der Waals surface area contributed by atoms with Gasteiger partial charge in [0.15, 0.2) is 0 Å². The van der Waals surface area contributed by atoms with Crippen LogP contribution >= 0.6 is 0 Å². The molecule has 0 spiro atoms. The van der Waals surface area contributed by atoms with Gasteiger partial charge in [-0.15, -0.1) is 0 Å². The Kier molecular flexibility index (Phi) is 7.94. The zero-order chi connectivity index (χ0) is 23.1. The Morgan fingerprint density at radius 1 is 1.03 bits per heavy atom. The van der Waals surface area contributed by atoms with Crippen LogP contribution < -0.4 is 10.1 Å². The van der Waals surface area contributed by atoms with Gasteiger partial charge >= 0.3 is 0 Å². The van der Waals surface area contributed by atoms with E-state index in [1.165, 1.54) is 11.1 Å². The molecule has 32 heavy (non-hydrogen) atoms. The van der Waals surface area contributed by atoms with Crippen LogP contribution in [0.3, 0.4) is 0 Å². The van der Waals surface area contributed by atoms with E-state index in [0.717, 1.165) is 61.4 Å². The summed E-state index contributed by atoms with van der Waals surface area (Å²) in [7, 11) is 0. The second-order valence-electron chi connectivity index (χ2n) is 9.66. The maximum atomic E-state index is 12.0. The number of nitrogens with zero attached hydrogens (tertiary/aromatic N) is 2. The second-order valence-corrected chi connectivity index (χ2v) is 9.66. The molecule has 2 aromatic carbocycles. The number of hydrogen-bond donors (Lipinski definition) is 1. The summed E-state index contributed by atoms with van der Waals surface area (Å²) in [4.78, 5) is 16.8. The Morgan fingerprint density at radius 2 is 1.75 bits per heavy atom. The van der Waals surface area contributed by atoms with E-state index in [1.807, 2.05) is 26.8 Å². The number of nitrogens with one attached hydrogen (secondary N) is 1. The van der Waals surface area contributed by atoms with E-state index < -0.39 is 0 Å². The summed E-state index contributed by atoms with van der Waals surface area (Å²) in [6.07, 6.45) is 4.02. The lowest BCUT2D eigenvalue weighted by molar-refractivity contribution is -0.128. The standard InChI is InChI=1S/C27H37N3O2/c1-20-17-21(2)19-22(18-20)32-16-15-30-24-12-9-8-11-23(24)29-25(30)13-7-6-10-14-28-26(31)27(3,4)5/h8-9,11-12,17-19H,6-7,10,13-16H2,1-5H3,(H,28,31). The number of imidazole rings is 1. The SMILES string of the molecule is Cc1cc(C)cc(OCCn2c(CCCCCNC(=O)C(C)(C)C)nc3ccccc32)c1. The third kappa shape index (κ3) is 6.59. The van der Waals surface area contributed by atoms with Gasteiger partial charge in [-0.05, 0) is 62.1 Å². The van der Waals surface area contributed by atoms with E-state index in [9.17, 15) is 4.79 Å². The van der Waals surface area contributed by atoms with Crippen molar-refractivity contribution in [3.63, 3.8) is 0 Å². The lowest BCUT2D eigenvalue weighted by Crippen LogP contribution is -2.35. The van der Waals surface area contributed by atoms with Crippen molar-refractivity contribution in [2.24, 2.45) is 5.41 Å². The van der Waals surface area contributed by atoms with E-state index in [-0.39, 0.29) is 11.3 Å². The molecule has 0 aliphatic heterocycles. The Bertz CT molecular complexity index is 1030. The topological polar surface area (TPSA) is 56.1 Å². The van der Waals surface area contributed by atoms with Crippen LogP contribution in [0.1, 0.15) is 57.0 Å². The molecule has 1 aromatic heterocycles. The van der Waals surface area contributed by atoms with E-state index >= 15 is 0 Å². The van der Waals surface area contributed by atoms with Gasteiger partial charge in [0.2, 0.25) is 5.91 Å². The van der Waals surface area contributed by atoms with Crippen LogP contribution in [0.25, 0.3) is 11.0 Å². The van der Waals surface area contributed by atoms with Gasteiger partial charge in [0.05, 0.1) is 17.6 Å². The number of benzene rings is 2. The molecule has 3 rings (SSSR count). The summed E-state index contributed by atoms with van der Waals surface area (Å²) >= 11 is 0. The number of para-hydroxylation sites is 2. The highest BCUT2D eigenvalue weighted by molar-refractivity contribution is 5.81. The summed E-state index contributed by atoms with van der Waals surface area (Å²) in [5.74, 6) is 2.14. The van der Waals surface area contributed by atoms with Crippen molar-refractivity contribution in [1.29, 1.82) is 0 Å². The molecule has 0 bridgehead atoms. The van der Waals surface area contributed by atoms with Gasteiger partial charge in [-0.25, -0.2) is 4.98 Å². The van der Waals surface area contributed by atoms with Crippen LogP contribution in [-0.2, 0) is 17.8 Å². The first-order chi connectivity index (χ1) is 15.2. The van der Waals surface area contributed by atoms with Gasteiger partial charge in [-0.2, -0.15) is 0 Å². The fourth-order valence-electron chi connectivity index (χ4n) is 3.89. The first kappa shape index (κ1) is 23.8. The van der Waals surface area contributed by atoms with Gasteiger partial charge in [0.25, 0.3) is 0 Å². The predicted molar refractivity (Wildman–Crippen MR) is 131 cm³/mol. The van der Waals surface area contributed by atoms with Crippen molar-refractivity contribution in [3.05, 3.63) is 59.4 Å². The molecule has 1 heterocycles. The number of rotatable bonds is 10. The molecule has 5 nitrogen and oxygen atoms in total. The number of fused-ring (bicyclic) bond motifs is 1. The number of carbonyl (C=O) groups excluding carboxylic acids is 1. The summed E-state index contributed by atoms with van der Waals surface area (Å²) in [6, 6.07) is 14.6. The fraction of sp³-hybridized carbons (Fsp3) is 0.481. The zero-order valence-corrected chi connectivity index (χ0v) is 20.2. The monoisotopic (exact) mass is 435 g/mol. The molecule has 172 valence electrons. The number of amides is 1. The van der Waals surface area contributed by atoms with Crippen LogP contribution in [0.4, 0.5) is 0 Å². The molecule has 5 heteroatoms. The summed E-state index contributed by atoms with van der Waals surface area (Å²) < 4.78 is 8.35. The molecule has 1 N–H and O–H groups in total. The molecule has 0 saturated carbocycles. The van der Waals surface area contributed by atoms with Crippen molar-refractivity contribution in [2.75, 3.05) is 13.2 Å². The Hall–Kier alpha value is -2.82. The minimum Gasteiger partial charge on any atom is -0.492 e. The average molecular weight is 436 g/mol. The Balaban J connectivity index is 1.55. The molecule has 0 aliphatic carbocycles. The lowest BCUT2D eigenvalue weighted by Gasteiger charge is -2.17. The Morgan fingerprint density at radius 3 is 2.47 bits per heavy atom. The van der Waals surface area contributed by atoms with Crippen LogP contribution in [0, 0.1) is 19.3 Å². The van der Waals surface area contributed by atoms with Crippen LogP contribution in [-0.4, -0.2) is 28.6 Å².